The van der Waals surface area contributed by atoms with Gasteiger partial charge in [0.05, 0.1) is 11.1 Å². The van der Waals surface area contributed by atoms with Crippen LogP contribution in [0.25, 0.3) is 0 Å². The van der Waals surface area contributed by atoms with Crippen molar-refractivity contribution in [2.24, 2.45) is 5.10 Å². The standard InChI is InChI=1S/C15H16N2O3S/c1-11-6-7-12(2)15(8-11)21(19,20)17-16-10-13-4-3-5-14(18)9-13/h3-10,17-18H,1-2H3. The summed E-state index contributed by atoms with van der Waals surface area (Å²) in [5.74, 6) is 0.0938. The van der Waals surface area contributed by atoms with Crippen LogP contribution in [0.5, 0.6) is 5.75 Å². The quantitative estimate of drug-likeness (QED) is 0.672. The van der Waals surface area contributed by atoms with Gasteiger partial charge < -0.3 is 5.11 Å². The maximum absolute atomic E-state index is 12.2. The van der Waals surface area contributed by atoms with E-state index in [4.69, 9.17) is 0 Å². The van der Waals surface area contributed by atoms with E-state index in [-0.39, 0.29) is 10.6 Å². The van der Waals surface area contributed by atoms with Gasteiger partial charge in [0.25, 0.3) is 10.0 Å². The topological polar surface area (TPSA) is 78.8 Å². The lowest BCUT2D eigenvalue weighted by atomic mass is 10.2. The summed E-state index contributed by atoms with van der Waals surface area (Å²) in [6.07, 6.45) is 1.34. The summed E-state index contributed by atoms with van der Waals surface area (Å²) in [5, 5.41) is 13.0. The molecule has 2 aromatic carbocycles. The fourth-order valence-corrected chi connectivity index (χ4v) is 2.94. The van der Waals surface area contributed by atoms with Crippen molar-refractivity contribution in [3.63, 3.8) is 0 Å². The molecule has 0 bridgehead atoms. The summed E-state index contributed by atoms with van der Waals surface area (Å²) in [6, 6.07) is 11.6. The van der Waals surface area contributed by atoms with Crippen molar-refractivity contribution in [3.8, 4) is 5.75 Å². The fraction of sp³-hybridized carbons (Fsp3) is 0.133. The number of nitrogens with one attached hydrogen (secondary N) is 1. The summed E-state index contributed by atoms with van der Waals surface area (Å²) >= 11 is 0. The molecule has 0 saturated heterocycles. The predicted molar refractivity (Wildman–Crippen MR) is 81.9 cm³/mol. The average molecular weight is 304 g/mol. The lowest BCUT2D eigenvalue weighted by molar-refractivity contribution is 0.475. The highest BCUT2D eigenvalue weighted by molar-refractivity contribution is 7.89. The highest BCUT2D eigenvalue weighted by Gasteiger charge is 2.15. The van der Waals surface area contributed by atoms with Gasteiger partial charge in [-0.05, 0) is 48.7 Å². The Morgan fingerprint density at radius 3 is 2.62 bits per heavy atom. The van der Waals surface area contributed by atoms with Crippen molar-refractivity contribution >= 4 is 16.2 Å². The van der Waals surface area contributed by atoms with E-state index in [0.717, 1.165) is 5.56 Å². The molecule has 0 amide bonds. The van der Waals surface area contributed by atoms with Crippen LogP contribution in [0, 0.1) is 13.8 Å². The van der Waals surface area contributed by atoms with Crippen LogP contribution in [-0.4, -0.2) is 19.7 Å². The van der Waals surface area contributed by atoms with Crippen molar-refractivity contribution in [1.82, 2.24) is 4.83 Å². The lowest BCUT2D eigenvalue weighted by Gasteiger charge is -2.07. The smallest absolute Gasteiger partial charge is 0.276 e. The zero-order valence-electron chi connectivity index (χ0n) is 11.7. The second-order valence-electron chi connectivity index (χ2n) is 4.72. The zero-order chi connectivity index (χ0) is 15.5. The predicted octanol–water partition coefficient (Wildman–Crippen LogP) is 2.32. The molecular weight excluding hydrogens is 288 g/mol. The summed E-state index contributed by atoms with van der Waals surface area (Å²) < 4.78 is 24.4. The second kappa shape index (κ2) is 5.97. The van der Waals surface area contributed by atoms with E-state index in [9.17, 15) is 13.5 Å². The number of hydrogen-bond acceptors (Lipinski definition) is 4. The molecule has 110 valence electrons. The number of phenolic OH excluding ortho intramolecular Hbond substituents is 1. The van der Waals surface area contributed by atoms with Crippen LogP contribution in [0.15, 0.2) is 52.5 Å². The molecule has 0 aromatic heterocycles. The van der Waals surface area contributed by atoms with E-state index in [1.807, 2.05) is 13.0 Å². The molecule has 0 heterocycles. The molecule has 6 heteroatoms. The van der Waals surface area contributed by atoms with Crippen molar-refractivity contribution < 1.29 is 13.5 Å². The number of phenols is 1. The van der Waals surface area contributed by atoms with Crippen molar-refractivity contribution in [2.45, 2.75) is 18.7 Å². The monoisotopic (exact) mass is 304 g/mol. The highest BCUT2D eigenvalue weighted by atomic mass is 32.2. The Kier molecular flexibility index (Phi) is 4.28. The van der Waals surface area contributed by atoms with Gasteiger partial charge in [-0.1, -0.05) is 24.3 Å². The van der Waals surface area contributed by atoms with Crippen LogP contribution in [0.3, 0.4) is 0 Å². The van der Waals surface area contributed by atoms with E-state index in [1.165, 1.54) is 18.3 Å². The first-order valence-electron chi connectivity index (χ1n) is 6.30. The number of rotatable bonds is 4. The van der Waals surface area contributed by atoms with E-state index < -0.39 is 10.0 Å². The maximum Gasteiger partial charge on any atom is 0.276 e. The van der Waals surface area contributed by atoms with E-state index in [0.29, 0.717) is 11.1 Å². The average Bonchev–Trinajstić information content (AvgIpc) is 2.41. The minimum Gasteiger partial charge on any atom is -0.508 e. The molecule has 0 spiro atoms. The van der Waals surface area contributed by atoms with Gasteiger partial charge >= 0.3 is 0 Å². The van der Waals surface area contributed by atoms with Gasteiger partial charge in [-0.25, -0.2) is 4.83 Å². The second-order valence-corrected chi connectivity index (χ2v) is 6.35. The van der Waals surface area contributed by atoms with Gasteiger partial charge in [-0.2, -0.15) is 13.5 Å². The summed E-state index contributed by atoms with van der Waals surface area (Å²) in [7, 11) is -3.70. The Morgan fingerprint density at radius 1 is 1.14 bits per heavy atom. The van der Waals surface area contributed by atoms with Crippen LogP contribution in [-0.2, 0) is 10.0 Å². The van der Waals surface area contributed by atoms with Crippen LogP contribution >= 0.6 is 0 Å². The molecule has 2 aromatic rings. The van der Waals surface area contributed by atoms with Gasteiger partial charge in [0.1, 0.15) is 5.75 Å². The number of benzene rings is 2. The fourth-order valence-electron chi connectivity index (χ4n) is 1.82. The van der Waals surface area contributed by atoms with Gasteiger partial charge in [0.15, 0.2) is 0 Å². The number of aromatic hydroxyl groups is 1. The Hall–Kier alpha value is -2.34. The Balaban J connectivity index is 2.20. The Labute approximate surface area is 124 Å². The van der Waals surface area contributed by atoms with Crippen LogP contribution in [0.4, 0.5) is 0 Å². The minimum absolute atomic E-state index is 0.0938. The highest BCUT2D eigenvalue weighted by Crippen LogP contribution is 2.16. The SMILES string of the molecule is Cc1ccc(C)c(S(=O)(=O)NN=Cc2cccc(O)c2)c1. The molecule has 0 atom stereocenters. The molecule has 2 rings (SSSR count). The molecule has 0 radical (unpaired) electrons. The number of aryl methyl sites for hydroxylation is 2. The first-order valence-corrected chi connectivity index (χ1v) is 7.78. The molecule has 2 N–H and O–H groups in total. The van der Waals surface area contributed by atoms with Gasteiger partial charge in [-0.15, -0.1) is 0 Å². The van der Waals surface area contributed by atoms with Crippen LogP contribution in [0.1, 0.15) is 16.7 Å². The van der Waals surface area contributed by atoms with Crippen LogP contribution in [0.2, 0.25) is 0 Å². The number of hydrazone groups is 1. The van der Waals surface area contributed by atoms with Crippen molar-refractivity contribution in [3.05, 3.63) is 59.2 Å². The molecule has 0 aliphatic rings. The largest absolute Gasteiger partial charge is 0.508 e. The van der Waals surface area contributed by atoms with Crippen LogP contribution < -0.4 is 4.83 Å². The summed E-state index contributed by atoms with van der Waals surface area (Å²) in [4.78, 5) is 2.38. The molecule has 0 aliphatic carbocycles. The molecule has 0 saturated carbocycles. The number of sulfonamides is 1. The lowest BCUT2D eigenvalue weighted by Crippen LogP contribution is -2.19. The minimum atomic E-state index is -3.70. The maximum atomic E-state index is 12.2. The third-order valence-electron chi connectivity index (χ3n) is 2.89. The Bertz CT molecular complexity index is 783. The molecular formula is C15H16N2O3S. The van der Waals surface area contributed by atoms with Gasteiger partial charge in [0.2, 0.25) is 0 Å². The molecule has 21 heavy (non-hydrogen) atoms. The number of nitrogens with zero attached hydrogens (tertiary/aromatic N) is 1. The first-order chi connectivity index (χ1) is 9.88. The molecule has 0 aliphatic heterocycles. The van der Waals surface area contributed by atoms with E-state index in [1.54, 1.807) is 31.2 Å². The normalized spacial score (nSPS) is 11.7. The third-order valence-corrected chi connectivity index (χ3v) is 4.25. The molecule has 5 nitrogen and oxygen atoms in total. The third kappa shape index (κ3) is 3.82. The zero-order valence-corrected chi connectivity index (χ0v) is 12.6. The van der Waals surface area contributed by atoms with Crippen molar-refractivity contribution in [2.75, 3.05) is 0 Å². The van der Waals surface area contributed by atoms with E-state index >= 15 is 0 Å². The van der Waals surface area contributed by atoms with E-state index in [2.05, 4.69) is 9.93 Å². The van der Waals surface area contributed by atoms with Gasteiger partial charge in [0, 0.05) is 0 Å². The summed E-state index contributed by atoms with van der Waals surface area (Å²) in [6.45, 7) is 3.56. The number of hydrogen-bond donors (Lipinski definition) is 2. The first kappa shape index (κ1) is 15.1. The molecule has 0 unspecified atom stereocenters. The Morgan fingerprint density at radius 2 is 1.90 bits per heavy atom. The molecule has 0 fully saturated rings. The van der Waals surface area contributed by atoms with Crippen molar-refractivity contribution in [1.29, 1.82) is 0 Å². The van der Waals surface area contributed by atoms with Gasteiger partial charge in [-0.3, -0.25) is 0 Å². The summed E-state index contributed by atoms with van der Waals surface area (Å²) in [5.41, 5.74) is 2.11.